The number of piperidine rings is 1. The van der Waals surface area contributed by atoms with Crippen LogP contribution in [-0.4, -0.2) is 19.6 Å². The number of hydrogen-bond donors (Lipinski definition) is 2. The summed E-state index contributed by atoms with van der Waals surface area (Å²) in [5.74, 6) is 0.794. The minimum absolute atomic E-state index is 0. The molecule has 2 rings (SSSR count). The van der Waals surface area contributed by atoms with E-state index in [2.05, 4.69) is 10.6 Å². The first-order valence-electron chi connectivity index (χ1n) is 6.11. The molecule has 0 unspecified atom stereocenters. The van der Waals surface area contributed by atoms with Crippen molar-refractivity contribution < 1.29 is 0 Å². The molecule has 0 radical (unpaired) electrons. The molecule has 1 fully saturated rings. The second kappa shape index (κ2) is 10.1. The Kier molecular flexibility index (Phi) is 10.2. The highest BCUT2D eigenvalue weighted by Gasteiger charge is 2.12. The number of nitrogens with one attached hydrogen (secondary N) is 2. The summed E-state index contributed by atoms with van der Waals surface area (Å²) in [7, 11) is 0. The highest BCUT2D eigenvalue weighted by Crippen LogP contribution is 2.21. The first kappa shape index (κ1) is 19.3. The van der Waals surface area contributed by atoms with E-state index in [1.807, 2.05) is 12.1 Å². The van der Waals surface area contributed by atoms with E-state index in [0.717, 1.165) is 42.7 Å². The monoisotopic (exact) mass is 344 g/mol. The maximum atomic E-state index is 6.12. The van der Waals surface area contributed by atoms with Crippen LogP contribution in [0.3, 0.4) is 0 Å². The molecule has 1 aliphatic heterocycles. The summed E-state index contributed by atoms with van der Waals surface area (Å²) in [6.07, 6.45) is 2.53. The topological polar surface area (TPSA) is 24.1 Å². The fraction of sp³-hybridized carbons (Fsp3) is 0.538. The van der Waals surface area contributed by atoms with Gasteiger partial charge >= 0.3 is 0 Å². The third kappa shape index (κ3) is 6.52. The highest BCUT2D eigenvalue weighted by atomic mass is 35.5. The van der Waals surface area contributed by atoms with Crippen LogP contribution >= 0.6 is 48.0 Å². The van der Waals surface area contributed by atoms with Crippen LogP contribution in [0.25, 0.3) is 0 Å². The molecule has 2 nitrogen and oxygen atoms in total. The van der Waals surface area contributed by atoms with Crippen molar-refractivity contribution >= 4 is 48.0 Å². The van der Waals surface area contributed by atoms with Gasteiger partial charge in [-0.3, -0.25) is 0 Å². The van der Waals surface area contributed by atoms with Crippen molar-refractivity contribution in [2.45, 2.75) is 19.4 Å². The van der Waals surface area contributed by atoms with Crippen LogP contribution in [0.15, 0.2) is 18.2 Å². The summed E-state index contributed by atoms with van der Waals surface area (Å²) >= 11 is 12.0. The lowest BCUT2D eigenvalue weighted by Crippen LogP contribution is -2.33. The Morgan fingerprint density at radius 1 is 1.16 bits per heavy atom. The third-order valence-electron chi connectivity index (χ3n) is 3.22. The van der Waals surface area contributed by atoms with E-state index in [1.165, 1.54) is 12.8 Å². The Balaban J connectivity index is 0.00000162. The van der Waals surface area contributed by atoms with Crippen LogP contribution in [0.5, 0.6) is 0 Å². The average Bonchev–Trinajstić information content (AvgIpc) is 2.33. The van der Waals surface area contributed by atoms with Gasteiger partial charge in [0.05, 0.1) is 0 Å². The SMILES string of the molecule is Cl.Cl.Clc1ccc(CNCC2CCNCC2)c(Cl)c1. The van der Waals surface area contributed by atoms with E-state index >= 15 is 0 Å². The summed E-state index contributed by atoms with van der Waals surface area (Å²) in [5, 5.41) is 8.29. The van der Waals surface area contributed by atoms with Gasteiger partial charge in [-0.1, -0.05) is 29.3 Å². The highest BCUT2D eigenvalue weighted by molar-refractivity contribution is 6.35. The van der Waals surface area contributed by atoms with Crippen molar-refractivity contribution in [2.75, 3.05) is 19.6 Å². The molecule has 0 saturated carbocycles. The average molecular weight is 346 g/mol. The summed E-state index contributed by atoms with van der Waals surface area (Å²) in [4.78, 5) is 0. The normalized spacial score (nSPS) is 15.5. The van der Waals surface area contributed by atoms with Gasteiger partial charge in [0.2, 0.25) is 0 Å². The van der Waals surface area contributed by atoms with Crippen molar-refractivity contribution in [1.29, 1.82) is 0 Å². The second-order valence-electron chi connectivity index (χ2n) is 4.56. The van der Waals surface area contributed by atoms with Gasteiger partial charge in [0.15, 0.2) is 0 Å². The first-order chi connectivity index (χ1) is 8.25. The van der Waals surface area contributed by atoms with Gasteiger partial charge in [0.25, 0.3) is 0 Å². The maximum absolute atomic E-state index is 6.12. The van der Waals surface area contributed by atoms with Gasteiger partial charge < -0.3 is 10.6 Å². The van der Waals surface area contributed by atoms with Crippen molar-refractivity contribution in [1.82, 2.24) is 10.6 Å². The predicted octanol–water partition coefficient (Wildman–Crippen LogP) is 3.93. The molecule has 0 aromatic heterocycles. The fourth-order valence-corrected chi connectivity index (χ4v) is 2.64. The molecule has 1 heterocycles. The van der Waals surface area contributed by atoms with Crippen LogP contribution in [0.1, 0.15) is 18.4 Å². The number of halogens is 4. The van der Waals surface area contributed by atoms with Gasteiger partial charge in [-0.25, -0.2) is 0 Å². The van der Waals surface area contributed by atoms with E-state index in [9.17, 15) is 0 Å². The molecule has 1 aromatic rings. The Labute approximate surface area is 137 Å². The molecule has 2 N–H and O–H groups in total. The minimum atomic E-state index is 0. The molecule has 0 aliphatic carbocycles. The van der Waals surface area contributed by atoms with Gasteiger partial charge in [-0.2, -0.15) is 0 Å². The quantitative estimate of drug-likeness (QED) is 0.864. The third-order valence-corrected chi connectivity index (χ3v) is 3.81. The largest absolute Gasteiger partial charge is 0.317 e. The zero-order valence-corrected chi connectivity index (χ0v) is 13.8. The summed E-state index contributed by atoms with van der Waals surface area (Å²) < 4.78 is 0. The van der Waals surface area contributed by atoms with Gasteiger partial charge in [-0.05, 0) is 56.1 Å². The second-order valence-corrected chi connectivity index (χ2v) is 5.40. The van der Waals surface area contributed by atoms with Crippen molar-refractivity contribution in [3.05, 3.63) is 33.8 Å². The van der Waals surface area contributed by atoms with Crippen LogP contribution in [0.2, 0.25) is 10.0 Å². The van der Waals surface area contributed by atoms with Crippen LogP contribution in [0, 0.1) is 5.92 Å². The molecule has 19 heavy (non-hydrogen) atoms. The lowest BCUT2D eigenvalue weighted by molar-refractivity contribution is 0.356. The summed E-state index contributed by atoms with van der Waals surface area (Å²) in [5.41, 5.74) is 1.12. The van der Waals surface area contributed by atoms with E-state index in [4.69, 9.17) is 23.2 Å². The minimum Gasteiger partial charge on any atom is -0.317 e. The zero-order valence-electron chi connectivity index (χ0n) is 10.6. The number of hydrogen-bond acceptors (Lipinski definition) is 2. The molecule has 1 saturated heterocycles. The molecule has 6 heteroatoms. The number of benzene rings is 1. The predicted molar refractivity (Wildman–Crippen MR) is 88.3 cm³/mol. The molecule has 0 atom stereocenters. The Bertz CT molecular complexity index is 368. The first-order valence-corrected chi connectivity index (χ1v) is 6.86. The molecule has 0 amide bonds. The Morgan fingerprint density at radius 2 is 1.84 bits per heavy atom. The van der Waals surface area contributed by atoms with Gasteiger partial charge in [0.1, 0.15) is 0 Å². The summed E-state index contributed by atoms with van der Waals surface area (Å²) in [6.45, 7) is 4.18. The van der Waals surface area contributed by atoms with E-state index < -0.39 is 0 Å². The smallest absolute Gasteiger partial charge is 0.0465 e. The fourth-order valence-electron chi connectivity index (χ4n) is 2.16. The maximum Gasteiger partial charge on any atom is 0.0465 e. The molecular weight excluding hydrogens is 326 g/mol. The molecule has 0 bridgehead atoms. The Hall–Kier alpha value is 0.300. The molecule has 1 aromatic carbocycles. The van der Waals surface area contributed by atoms with Crippen molar-refractivity contribution in [2.24, 2.45) is 5.92 Å². The van der Waals surface area contributed by atoms with Gasteiger partial charge in [-0.15, -0.1) is 24.8 Å². The summed E-state index contributed by atoms with van der Waals surface area (Å²) in [6, 6.07) is 5.67. The van der Waals surface area contributed by atoms with E-state index in [-0.39, 0.29) is 24.8 Å². The van der Waals surface area contributed by atoms with Crippen LogP contribution in [-0.2, 0) is 6.54 Å². The van der Waals surface area contributed by atoms with E-state index in [0.29, 0.717) is 5.02 Å². The Morgan fingerprint density at radius 3 is 2.47 bits per heavy atom. The molecular formula is C13H20Cl4N2. The van der Waals surface area contributed by atoms with Crippen LogP contribution in [0.4, 0.5) is 0 Å². The lowest BCUT2D eigenvalue weighted by Gasteiger charge is -2.22. The zero-order chi connectivity index (χ0) is 12.1. The van der Waals surface area contributed by atoms with Crippen LogP contribution < -0.4 is 10.6 Å². The lowest BCUT2D eigenvalue weighted by atomic mass is 9.98. The number of rotatable bonds is 4. The molecule has 110 valence electrons. The van der Waals surface area contributed by atoms with Crippen molar-refractivity contribution in [3.8, 4) is 0 Å². The standard InChI is InChI=1S/C13H18Cl2N2.2ClH/c14-12-2-1-11(13(15)7-12)9-17-8-10-3-5-16-6-4-10;;/h1-2,7,10,16-17H,3-6,8-9H2;2*1H. The van der Waals surface area contributed by atoms with Gasteiger partial charge in [0, 0.05) is 16.6 Å². The molecule has 1 aliphatic rings. The van der Waals surface area contributed by atoms with E-state index in [1.54, 1.807) is 6.07 Å². The molecule has 0 spiro atoms. The van der Waals surface area contributed by atoms with Crippen molar-refractivity contribution in [3.63, 3.8) is 0 Å².